The third kappa shape index (κ3) is 8.96. The van der Waals surface area contributed by atoms with Crippen molar-refractivity contribution in [2.24, 2.45) is 5.41 Å². The third-order valence-corrected chi connectivity index (χ3v) is 7.18. The first-order valence-corrected chi connectivity index (χ1v) is 12.1. The number of anilines is 1. The van der Waals surface area contributed by atoms with E-state index < -0.39 is 41.7 Å². The van der Waals surface area contributed by atoms with Gasteiger partial charge in [0.2, 0.25) is 0 Å². The van der Waals surface area contributed by atoms with Crippen LogP contribution in [0.5, 0.6) is 0 Å². The zero-order valence-electron chi connectivity index (χ0n) is 19.5. The number of rotatable bonds is 8. The smallest absolute Gasteiger partial charge is 0.255 e. The molecule has 3 atom stereocenters. The van der Waals surface area contributed by atoms with E-state index in [2.05, 4.69) is 19.2 Å². The summed E-state index contributed by atoms with van der Waals surface area (Å²) in [7, 11) is 0. The molecule has 1 amide bonds. The normalized spacial score (nSPS) is 18.7. The van der Waals surface area contributed by atoms with Crippen LogP contribution < -0.4 is 5.32 Å². The Balaban J connectivity index is 0.000000625. The summed E-state index contributed by atoms with van der Waals surface area (Å²) in [6.45, 7) is 5.14. The number of amides is 1. The van der Waals surface area contributed by atoms with Gasteiger partial charge in [-0.2, -0.15) is 0 Å². The van der Waals surface area contributed by atoms with E-state index in [0.717, 1.165) is 18.2 Å². The van der Waals surface area contributed by atoms with E-state index in [0.29, 0.717) is 22.1 Å². The Labute approximate surface area is 211 Å². The van der Waals surface area contributed by atoms with E-state index in [1.54, 1.807) is 0 Å². The molecule has 0 aromatic heterocycles. The molecule has 0 radical (unpaired) electrons. The van der Waals surface area contributed by atoms with Crippen LogP contribution in [0, 0.1) is 22.9 Å². The molecular weight excluding hydrogens is 507 g/mol. The van der Waals surface area contributed by atoms with Crippen LogP contribution in [-0.2, 0) is 0 Å². The lowest BCUT2D eigenvalue weighted by molar-refractivity contribution is 0.000273. The van der Waals surface area contributed by atoms with Gasteiger partial charge in [-0.3, -0.25) is 4.79 Å². The van der Waals surface area contributed by atoms with Crippen molar-refractivity contribution in [1.29, 1.82) is 0 Å². The van der Waals surface area contributed by atoms with Crippen LogP contribution in [0.25, 0.3) is 0 Å². The van der Waals surface area contributed by atoms with Crippen molar-refractivity contribution in [2.75, 3.05) is 17.7 Å². The van der Waals surface area contributed by atoms with E-state index >= 15 is 0 Å². The monoisotopic (exact) mass is 535 g/mol. The molecule has 11 heteroatoms. The molecule has 35 heavy (non-hydrogen) atoms. The minimum absolute atomic E-state index is 0.00231. The largest absolute Gasteiger partial charge is 0.394 e. The summed E-state index contributed by atoms with van der Waals surface area (Å²) < 4.78 is 39.6. The summed E-state index contributed by atoms with van der Waals surface area (Å²) in [4.78, 5) is 12.8. The van der Waals surface area contributed by atoms with Crippen molar-refractivity contribution in [1.82, 2.24) is 0 Å². The van der Waals surface area contributed by atoms with Crippen molar-refractivity contribution in [3.63, 3.8) is 0 Å². The molecule has 0 saturated heterocycles. The maximum absolute atomic E-state index is 13.3. The number of aliphatic hydroxyl groups is 4. The van der Waals surface area contributed by atoms with E-state index in [9.17, 15) is 28.2 Å². The van der Waals surface area contributed by atoms with Gasteiger partial charge >= 0.3 is 0 Å². The molecule has 0 bridgehead atoms. The Morgan fingerprint density at radius 3 is 2.29 bits per heavy atom. The zero-order valence-corrected chi connectivity index (χ0v) is 21.1. The number of hydrogen-bond acceptors (Lipinski definition) is 6. The van der Waals surface area contributed by atoms with Gasteiger partial charge in [0.15, 0.2) is 17.5 Å². The maximum Gasteiger partial charge on any atom is 0.255 e. The number of hydrogen-bond donors (Lipinski definition) is 5. The lowest BCUT2D eigenvalue weighted by Crippen LogP contribution is -2.34. The number of thioether (sulfide) groups is 1. The summed E-state index contributed by atoms with van der Waals surface area (Å²) >= 11 is 7.24. The van der Waals surface area contributed by atoms with Crippen molar-refractivity contribution in [2.45, 2.75) is 56.3 Å². The Morgan fingerprint density at radius 1 is 1.26 bits per heavy atom. The highest BCUT2D eigenvalue weighted by Gasteiger charge is 2.44. The average Bonchev–Trinajstić information content (AvgIpc) is 3.33. The molecule has 6 nitrogen and oxygen atoms in total. The molecule has 2 aromatic carbocycles. The molecule has 1 saturated carbocycles. The SMILES string of the molecule is CC(O)(CSc1cc(C(=O)Nc2cc(F)c(F)c(F)c2)ccc1Cl)CC(O)CO.CC1(C)CC1O. The molecule has 3 rings (SSSR count). The number of carbonyl (C=O) groups is 1. The van der Waals surface area contributed by atoms with Gasteiger partial charge in [-0.1, -0.05) is 25.4 Å². The zero-order chi connectivity index (χ0) is 26.6. The van der Waals surface area contributed by atoms with Crippen LogP contribution in [0.3, 0.4) is 0 Å². The van der Waals surface area contributed by atoms with Gasteiger partial charge in [0.1, 0.15) is 0 Å². The topological polar surface area (TPSA) is 110 Å². The van der Waals surface area contributed by atoms with Gasteiger partial charge in [-0.15, -0.1) is 11.8 Å². The Kier molecular flexibility index (Phi) is 10.0. The highest BCUT2D eigenvalue weighted by Crippen LogP contribution is 2.44. The minimum Gasteiger partial charge on any atom is -0.394 e. The fraction of sp³-hybridized carbons (Fsp3) is 0.458. The second kappa shape index (κ2) is 11.9. The molecule has 5 N–H and O–H groups in total. The highest BCUT2D eigenvalue weighted by atomic mass is 35.5. The molecule has 1 aliphatic rings. The summed E-state index contributed by atoms with van der Waals surface area (Å²) in [6.07, 6.45) is -0.143. The van der Waals surface area contributed by atoms with Crippen LogP contribution in [0.1, 0.15) is 44.0 Å². The first-order valence-electron chi connectivity index (χ1n) is 10.7. The second-order valence-electron chi connectivity index (χ2n) is 9.39. The quantitative estimate of drug-likeness (QED) is 0.254. The summed E-state index contributed by atoms with van der Waals surface area (Å²) in [6, 6.07) is 5.59. The predicted molar refractivity (Wildman–Crippen MR) is 129 cm³/mol. The summed E-state index contributed by atoms with van der Waals surface area (Å²) in [5.41, 5.74) is -1.18. The molecule has 194 valence electrons. The number of benzene rings is 2. The summed E-state index contributed by atoms with van der Waals surface area (Å²) in [5.74, 6) is -5.08. The second-order valence-corrected chi connectivity index (χ2v) is 10.8. The molecule has 1 fully saturated rings. The minimum atomic E-state index is -1.63. The van der Waals surface area contributed by atoms with Crippen LogP contribution in [-0.4, -0.2) is 56.5 Å². The lowest BCUT2D eigenvalue weighted by atomic mass is 10.0. The summed E-state index contributed by atoms with van der Waals surface area (Å²) in [5, 5.41) is 40.0. The van der Waals surface area contributed by atoms with E-state index in [-0.39, 0.29) is 34.9 Å². The number of aliphatic hydroxyl groups excluding tert-OH is 3. The fourth-order valence-electron chi connectivity index (χ4n) is 2.89. The Morgan fingerprint density at radius 2 is 1.80 bits per heavy atom. The fourth-order valence-corrected chi connectivity index (χ4v) is 4.17. The molecule has 0 heterocycles. The van der Waals surface area contributed by atoms with Gasteiger partial charge in [0, 0.05) is 40.5 Å². The molecule has 3 unspecified atom stereocenters. The number of carbonyl (C=O) groups excluding carboxylic acids is 1. The van der Waals surface area contributed by atoms with Crippen molar-refractivity contribution in [3.8, 4) is 0 Å². The van der Waals surface area contributed by atoms with Gasteiger partial charge in [0.05, 0.1) is 29.4 Å². The van der Waals surface area contributed by atoms with E-state index in [4.69, 9.17) is 21.8 Å². The van der Waals surface area contributed by atoms with E-state index in [1.165, 1.54) is 25.1 Å². The molecule has 1 aliphatic carbocycles. The molecule has 2 aromatic rings. The molecule has 0 spiro atoms. The highest BCUT2D eigenvalue weighted by molar-refractivity contribution is 7.99. The van der Waals surface area contributed by atoms with Crippen LogP contribution in [0.4, 0.5) is 18.9 Å². The molecule has 0 aliphatic heterocycles. The van der Waals surface area contributed by atoms with Crippen LogP contribution >= 0.6 is 23.4 Å². The van der Waals surface area contributed by atoms with Gasteiger partial charge < -0.3 is 25.7 Å². The Bertz CT molecular complexity index is 1030. The Hall–Kier alpha value is -1.82. The van der Waals surface area contributed by atoms with Crippen LogP contribution in [0.2, 0.25) is 5.02 Å². The predicted octanol–water partition coefficient (Wildman–Crippen LogP) is 4.37. The van der Waals surface area contributed by atoms with Gasteiger partial charge in [0.25, 0.3) is 5.91 Å². The molecular formula is C24H29ClF3NO5S. The first kappa shape index (κ1) is 29.4. The van der Waals surface area contributed by atoms with Crippen molar-refractivity contribution < 1.29 is 38.4 Å². The van der Waals surface area contributed by atoms with Gasteiger partial charge in [-0.25, -0.2) is 13.2 Å². The number of halogens is 4. The van der Waals surface area contributed by atoms with Crippen molar-refractivity contribution in [3.05, 3.63) is 58.4 Å². The standard InChI is InChI=1S/C19H19ClF3NO4S.C5H10O/c1-19(28,7-12(26)8-25)9-29-16-4-10(2-3-13(16)20)18(27)24-11-5-14(21)17(23)15(22)6-11;1-5(2)3-4(5)6/h2-6,12,25-26,28H,7-9H2,1H3,(H,24,27);4,6H,3H2,1-2H3. The number of nitrogens with one attached hydrogen (secondary N) is 1. The maximum atomic E-state index is 13.3. The van der Waals surface area contributed by atoms with E-state index in [1.807, 2.05) is 0 Å². The van der Waals surface area contributed by atoms with Crippen LogP contribution in [0.15, 0.2) is 35.2 Å². The third-order valence-electron chi connectivity index (χ3n) is 5.32. The lowest BCUT2D eigenvalue weighted by Gasteiger charge is -2.25. The average molecular weight is 536 g/mol. The first-order chi connectivity index (χ1) is 16.1. The van der Waals surface area contributed by atoms with Crippen molar-refractivity contribution >= 4 is 35.0 Å². The van der Waals surface area contributed by atoms with Gasteiger partial charge in [-0.05, 0) is 37.0 Å².